The van der Waals surface area contributed by atoms with E-state index in [4.69, 9.17) is 4.98 Å². The van der Waals surface area contributed by atoms with Crippen molar-refractivity contribution >= 4 is 34.7 Å². The molecular formula is C29H33NS2. The fraction of sp³-hybridized carbons (Fsp3) is 0.276. The zero-order chi connectivity index (χ0) is 22.8. The van der Waals surface area contributed by atoms with E-state index in [1.165, 1.54) is 47.0 Å². The molecule has 1 nitrogen and oxygen atoms in total. The maximum atomic E-state index is 4.88. The van der Waals surface area contributed by atoms with Crippen LogP contribution in [0.5, 0.6) is 0 Å². The van der Waals surface area contributed by atoms with Crippen LogP contribution in [0.2, 0.25) is 0 Å². The molecule has 1 heterocycles. The third-order valence-corrected chi connectivity index (χ3v) is 7.50. The molecule has 0 N–H and O–H groups in total. The zero-order valence-corrected chi connectivity index (χ0v) is 20.9. The van der Waals surface area contributed by atoms with Gasteiger partial charge in [-0.1, -0.05) is 70.2 Å². The van der Waals surface area contributed by atoms with Crippen LogP contribution in [-0.2, 0) is 0 Å². The third kappa shape index (κ3) is 6.88. The summed E-state index contributed by atoms with van der Waals surface area (Å²) in [5.74, 6) is 2.34. The van der Waals surface area contributed by atoms with Crippen molar-refractivity contribution < 1.29 is 0 Å². The van der Waals surface area contributed by atoms with E-state index in [-0.39, 0.29) is 0 Å². The summed E-state index contributed by atoms with van der Waals surface area (Å²) in [6.07, 6.45) is 4.97. The van der Waals surface area contributed by atoms with E-state index in [1.54, 1.807) is 0 Å². The predicted molar refractivity (Wildman–Crippen MR) is 145 cm³/mol. The van der Waals surface area contributed by atoms with Crippen LogP contribution >= 0.6 is 23.5 Å². The van der Waals surface area contributed by atoms with Gasteiger partial charge < -0.3 is 0 Å². The molecule has 0 aliphatic rings. The molecule has 166 valence electrons. The average molecular weight is 460 g/mol. The molecule has 32 heavy (non-hydrogen) atoms. The molecule has 0 bridgehead atoms. The molecular weight excluding hydrogens is 426 g/mol. The van der Waals surface area contributed by atoms with Crippen molar-refractivity contribution in [1.29, 1.82) is 0 Å². The standard InChI is InChI=1S/C29H33NS2/c1-5-7-20-31-26-16-12-24(13-17-26)22(3)28-10-9-11-29(30-28)23(4)25-14-18-27(19-15-25)32-21-8-6-2/h9-19H,3-8,20-21H2,1-2H3. The highest BCUT2D eigenvalue weighted by molar-refractivity contribution is 7.99. The highest BCUT2D eigenvalue weighted by atomic mass is 32.2. The molecule has 0 unspecified atom stereocenters. The first-order valence-electron chi connectivity index (χ1n) is 11.4. The van der Waals surface area contributed by atoms with Gasteiger partial charge in [0.1, 0.15) is 0 Å². The minimum atomic E-state index is 0.891. The van der Waals surface area contributed by atoms with Gasteiger partial charge in [0.15, 0.2) is 0 Å². The largest absolute Gasteiger partial charge is 0.248 e. The number of benzene rings is 2. The van der Waals surface area contributed by atoms with E-state index in [0.29, 0.717) is 0 Å². The number of hydrogen-bond acceptors (Lipinski definition) is 3. The molecule has 0 radical (unpaired) electrons. The summed E-state index contributed by atoms with van der Waals surface area (Å²) in [4.78, 5) is 7.50. The Morgan fingerprint density at radius 1 is 0.656 bits per heavy atom. The van der Waals surface area contributed by atoms with E-state index in [2.05, 4.69) is 75.5 Å². The summed E-state index contributed by atoms with van der Waals surface area (Å²) in [6.45, 7) is 13.1. The van der Waals surface area contributed by atoms with E-state index in [9.17, 15) is 0 Å². The number of unbranched alkanes of at least 4 members (excludes halogenated alkanes) is 2. The summed E-state index contributed by atoms with van der Waals surface area (Å²) < 4.78 is 0. The van der Waals surface area contributed by atoms with Crippen LogP contribution in [0.1, 0.15) is 62.0 Å². The Hall–Kier alpha value is -2.23. The number of nitrogens with zero attached hydrogens (tertiary/aromatic N) is 1. The summed E-state index contributed by atoms with van der Waals surface area (Å²) >= 11 is 3.83. The van der Waals surface area contributed by atoms with Gasteiger partial charge in [-0.15, -0.1) is 23.5 Å². The first-order chi connectivity index (χ1) is 15.6. The fourth-order valence-electron chi connectivity index (χ4n) is 3.24. The normalized spacial score (nSPS) is 10.8. The van der Waals surface area contributed by atoms with Crippen LogP contribution in [0.3, 0.4) is 0 Å². The first-order valence-corrected chi connectivity index (χ1v) is 13.4. The van der Waals surface area contributed by atoms with Crippen LogP contribution in [0.4, 0.5) is 0 Å². The fourth-order valence-corrected chi connectivity index (χ4v) is 5.23. The van der Waals surface area contributed by atoms with E-state index >= 15 is 0 Å². The summed E-state index contributed by atoms with van der Waals surface area (Å²) in [5, 5.41) is 0. The molecule has 0 aliphatic carbocycles. The van der Waals surface area contributed by atoms with Gasteiger partial charge in [-0.25, -0.2) is 4.98 Å². The van der Waals surface area contributed by atoms with Gasteiger partial charge in [0, 0.05) is 20.9 Å². The smallest absolute Gasteiger partial charge is 0.0709 e. The van der Waals surface area contributed by atoms with Crippen LogP contribution in [0.25, 0.3) is 11.1 Å². The molecule has 0 saturated heterocycles. The van der Waals surface area contributed by atoms with Crippen molar-refractivity contribution in [3.05, 3.63) is 102 Å². The Bertz CT molecular complexity index is 939. The minimum absolute atomic E-state index is 0.891. The molecule has 3 heteroatoms. The SMILES string of the molecule is C=C(c1ccc(SCCCC)cc1)c1cccc(C(=C)c2ccc(SCCCC)cc2)n1. The lowest BCUT2D eigenvalue weighted by atomic mass is 10.0. The lowest BCUT2D eigenvalue weighted by Crippen LogP contribution is -1.96. The number of aromatic nitrogens is 1. The number of rotatable bonds is 12. The van der Waals surface area contributed by atoms with Gasteiger partial charge in [0.2, 0.25) is 0 Å². The highest BCUT2D eigenvalue weighted by Crippen LogP contribution is 2.28. The first kappa shape index (κ1) is 24.4. The Labute approximate surface area is 202 Å². The Balaban J connectivity index is 1.69. The van der Waals surface area contributed by atoms with Crippen molar-refractivity contribution in [3.8, 4) is 0 Å². The highest BCUT2D eigenvalue weighted by Gasteiger charge is 2.09. The summed E-state index contributed by atoms with van der Waals surface area (Å²) in [7, 11) is 0. The van der Waals surface area contributed by atoms with E-state index < -0.39 is 0 Å². The molecule has 0 atom stereocenters. The number of pyridine rings is 1. The second kappa shape index (κ2) is 12.7. The van der Waals surface area contributed by atoms with Gasteiger partial charge in [-0.3, -0.25) is 0 Å². The Kier molecular flexibility index (Phi) is 9.70. The molecule has 3 rings (SSSR count). The lowest BCUT2D eigenvalue weighted by molar-refractivity contribution is 0.896. The van der Waals surface area contributed by atoms with Crippen molar-refractivity contribution in [2.45, 2.75) is 49.3 Å². The quantitative estimate of drug-likeness (QED) is 0.198. The molecule has 0 aliphatic heterocycles. The van der Waals surface area contributed by atoms with Crippen molar-refractivity contribution in [2.24, 2.45) is 0 Å². The molecule has 3 aromatic rings. The molecule has 0 saturated carbocycles. The number of hydrogen-bond donors (Lipinski definition) is 0. The second-order valence-corrected chi connectivity index (χ2v) is 10.2. The third-order valence-electron chi connectivity index (χ3n) is 5.31. The van der Waals surface area contributed by atoms with E-state index in [0.717, 1.165) is 33.7 Å². The monoisotopic (exact) mass is 459 g/mol. The topological polar surface area (TPSA) is 12.9 Å². The van der Waals surface area contributed by atoms with Crippen molar-refractivity contribution in [2.75, 3.05) is 11.5 Å². The van der Waals surface area contributed by atoms with Crippen LogP contribution in [0, 0.1) is 0 Å². The van der Waals surface area contributed by atoms with Gasteiger partial charge >= 0.3 is 0 Å². The predicted octanol–water partition coefficient (Wildman–Crippen LogP) is 8.99. The maximum absolute atomic E-state index is 4.88. The van der Waals surface area contributed by atoms with Gasteiger partial charge in [-0.2, -0.15) is 0 Å². The molecule has 0 fully saturated rings. The Morgan fingerprint density at radius 3 is 1.44 bits per heavy atom. The van der Waals surface area contributed by atoms with Crippen LogP contribution in [-0.4, -0.2) is 16.5 Å². The summed E-state index contributed by atoms with van der Waals surface area (Å²) in [5.41, 5.74) is 5.87. The lowest BCUT2D eigenvalue weighted by Gasteiger charge is -2.11. The van der Waals surface area contributed by atoms with Gasteiger partial charge in [0.05, 0.1) is 11.4 Å². The number of thioether (sulfide) groups is 2. The zero-order valence-electron chi connectivity index (χ0n) is 19.3. The molecule has 0 spiro atoms. The van der Waals surface area contributed by atoms with Crippen molar-refractivity contribution in [3.63, 3.8) is 0 Å². The average Bonchev–Trinajstić information content (AvgIpc) is 2.84. The molecule has 1 aromatic heterocycles. The maximum Gasteiger partial charge on any atom is 0.0709 e. The molecule has 0 amide bonds. The minimum Gasteiger partial charge on any atom is -0.248 e. The van der Waals surface area contributed by atoms with E-state index in [1.807, 2.05) is 41.7 Å². The van der Waals surface area contributed by atoms with Crippen molar-refractivity contribution in [1.82, 2.24) is 4.98 Å². The summed E-state index contributed by atoms with van der Waals surface area (Å²) in [6, 6.07) is 23.4. The second-order valence-electron chi connectivity index (χ2n) is 7.82. The Morgan fingerprint density at radius 2 is 1.06 bits per heavy atom. The van der Waals surface area contributed by atoms with Gasteiger partial charge in [0.25, 0.3) is 0 Å². The van der Waals surface area contributed by atoms with Crippen LogP contribution in [0.15, 0.2) is 89.7 Å². The molecule has 2 aromatic carbocycles. The van der Waals surface area contributed by atoms with Gasteiger partial charge in [-0.05, 0) is 71.9 Å². The van der Waals surface area contributed by atoms with Crippen LogP contribution < -0.4 is 0 Å².